The molecule has 0 bridgehead atoms. The molecule has 2 N–H and O–H groups in total. The molecule has 2 aromatic rings. The van der Waals surface area contributed by atoms with E-state index < -0.39 is 0 Å². The van der Waals surface area contributed by atoms with Crippen LogP contribution in [0.4, 0.5) is 5.69 Å². The van der Waals surface area contributed by atoms with Crippen LogP contribution in [-0.2, 0) is 16.1 Å². The minimum atomic E-state index is -0.309. The maximum atomic E-state index is 11.8. The van der Waals surface area contributed by atoms with Crippen molar-refractivity contribution in [2.45, 2.75) is 6.61 Å². The second kappa shape index (κ2) is 7.37. The molecule has 20 heavy (non-hydrogen) atoms. The molecule has 1 heterocycles. The number of aromatic nitrogens is 3. The molecule has 0 radical (unpaired) electrons. The zero-order valence-corrected chi connectivity index (χ0v) is 11.1. The Morgan fingerprint density at radius 1 is 1.40 bits per heavy atom. The standard InChI is InChI=1S/C13H16N4O3/c1-19-5-6-20-9-10-3-2-4-11(7-10)15-13(18)12-8-14-17-16-12/h2-4,7-8H,5-6,9H2,1H3,(H,15,18)(H,14,16,17). The van der Waals surface area contributed by atoms with Crippen molar-refractivity contribution in [2.75, 3.05) is 25.6 Å². The Kier molecular flexibility index (Phi) is 5.22. The third kappa shape index (κ3) is 4.15. The maximum absolute atomic E-state index is 11.8. The summed E-state index contributed by atoms with van der Waals surface area (Å²) in [7, 11) is 1.63. The number of H-pyrrole nitrogens is 1. The van der Waals surface area contributed by atoms with E-state index in [2.05, 4.69) is 20.7 Å². The highest BCUT2D eigenvalue weighted by molar-refractivity contribution is 6.02. The zero-order valence-electron chi connectivity index (χ0n) is 11.1. The van der Waals surface area contributed by atoms with Gasteiger partial charge in [0.25, 0.3) is 5.91 Å². The number of amides is 1. The summed E-state index contributed by atoms with van der Waals surface area (Å²) in [4.78, 5) is 11.8. The van der Waals surface area contributed by atoms with E-state index in [4.69, 9.17) is 9.47 Å². The largest absolute Gasteiger partial charge is 0.382 e. The van der Waals surface area contributed by atoms with E-state index in [1.165, 1.54) is 6.20 Å². The number of anilines is 1. The van der Waals surface area contributed by atoms with Crippen molar-refractivity contribution in [1.82, 2.24) is 15.4 Å². The number of methoxy groups -OCH3 is 1. The summed E-state index contributed by atoms with van der Waals surface area (Å²) in [5.74, 6) is -0.309. The van der Waals surface area contributed by atoms with Gasteiger partial charge in [-0.05, 0) is 17.7 Å². The van der Waals surface area contributed by atoms with Crippen LogP contribution in [0.5, 0.6) is 0 Å². The molecule has 1 aromatic carbocycles. The summed E-state index contributed by atoms with van der Waals surface area (Å²) in [6.07, 6.45) is 1.37. The number of aromatic amines is 1. The van der Waals surface area contributed by atoms with Crippen LogP contribution in [-0.4, -0.2) is 41.6 Å². The third-order valence-corrected chi connectivity index (χ3v) is 2.53. The topological polar surface area (TPSA) is 89.1 Å². The molecule has 0 saturated carbocycles. The van der Waals surface area contributed by atoms with Gasteiger partial charge in [0.15, 0.2) is 5.69 Å². The van der Waals surface area contributed by atoms with Gasteiger partial charge in [-0.3, -0.25) is 4.79 Å². The Morgan fingerprint density at radius 2 is 2.30 bits per heavy atom. The third-order valence-electron chi connectivity index (χ3n) is 2.53. The van der Waals surface area contributed by atoms with Crippen LogP contribution in [0.25, 0.3) is 0 Å². The van der Waals surface area contributed by atoms with Crippen molar-refractivity contribution >= 4 is 11.6 Å². The summed E-state index contributed by atoms with van der Waals surface area (Å²) in [6, 6.07) is 7.44. The molecule has 0 unspecified atom stereocenters. The minimum Gasteiger partial charge on any atom is -0.382 e. The lowest BCUT2D eigenvalue weighted by atomic mass is 10.2. The van der Waals surface area contributed by atoms with Crippen molar-refractivity contribution < 1.29 is 14.3 Å². The molecule has 0 aliphatic rings. The lowest BCUT2D eigenvalue weighted by Gasteiger charge is -2.07. The van der Waals surface area contributed by atoms with Gasteiger partial charge in [0.2, 0.25) is 0 Å². The summed E-state index contributed by atoms with van der Waals surface area (Å²) < 4.78 is 10.3. The van der Waals surface area contributed by atoms with E-state index >= 15 is 0 Å². The van der Waals surface area contributed by atoms with Gasteiger partial charge in [-0.25, -0.2) is 0 Å². The molecule has 106 valence electrons. The van der Waals surface area contributed by atoms with Crippen molar-refractivity contribution in [1.29, 1.82) is 0 Å². The maximum Gasteiger partial charge on any atom is 0.277 e. The lowest BCUT2D eigenvalue weighted by Crippen LogP contribution is -2.12. The molecular formula is C13H16N4O3. The van der Waals surface area contributed by atoms with Gasteiger partial charge >= 0.3 is 0 Å². The molecule has 2 rings (SSSR count). The van der Waals surface area contributed by atoms with Crippen LogP contribution in [0, 0.1) is 0 Å². The molecule has 0 spiro atoms. The SMILES string of the molecule is COCCOCc1cccc(NC(=O)c2cn[nH]n2)c1. The van der Waals surface area contributed by atoms with Crippen LogP contribution in [0.15, 0.2) is 30.5 Å². The highest BCUT2D eigenvalue weighted by atomic mass is 16.5. The van der Waals surface area contributed by atoms with E-state index in [9.17, 15) is 4.79 Å². The van der Waals surface area contributed by atoms with Crippen molar-refractivity contribution in [3.05, 3.63) is 41.7 Å². The summed E-state index contributed by atoms with van der Waals surface area (Å²) >= 11 is 0. The van der Waals surface area contributed by atoms with E-state index in [1.54, 1.807) is 13.2 Å². The van der Waals surface area contributed by atoms with Gasteiger partial charge in [-0.2, -0.15) is 15.4 Å². The first-order valence-electron chi connectivity index (χ1n) is 6.12. The molecule has 0 atom stereocenters. The summed E-state index contributed by atoms with van der Waals surface area (Å²) in [5, 5.41) is 12.4. The van der Waals surface area contributed by atoms with Crippen molar-refractivity contribution in [2.24, 2.45) is 0 Å². The second-order valence-corrected chi connectivity index (χ2v) is 4.06. The van der Waals surface area contributed by atoms with Crippen molar-refractivity contribution in [3.63, 3.8) is 0 Å². The average Bonchev–Trinajstić information content (AvgIpc) is 2.98. The Morgan fingerprint density at radius 3 is 3.05 bits per heavy atom. The fraction of sp³-hybridized carbons (Fsp3) is 0.308. The molecule has 0 saturated heterocycles. The van der Waals surface area contributed by atoms with E-state index in [1.807, 2.05) is 18.2 Å². The molecule has 0 aliphatic carbocycles. The van der Waals surface area contributed by atoms with Gasteiger partial charge in [0.05, 0.1) is 26.0 Å². The number of nitrogens with one attached hydrogen (secondary N) is 2. The van der Waals surface area contributed by atoms with Crippen molar-refractivity contribution in [3.8, 4) is 0 Å². The normalized spacial score (nSPS) is 10.4. The Balaban J connectivity index is 1.90. The molecule has 7 heteroatoms. The predicted octanol–water partition coefficient (Wildman–Crippen LogP) is 1.22. The fourth-order valence-corrected chi connectivity index (χ4v) is 1.58. The van der Waals surface area contributed by atoms with Crippen LogP contribution < -0.4 is 5.32 Å². The average molecular weight is 276 g/mol. The lowest BCUT2D eigenvalue weighted by molar-refractivity contribution is 0.0617. The quantitative estimate of drug-likeness (QED) is 0.742. The van der Waals surface area contributed by atoms with Crippen LogP contribution in [0.1, 0.15) is 16.1 Å². The van der Waals surface area contributed by atoms with Crippen LogP contribution >= 0.6 is 0 Å². The Hall–Kier alpha value is -2.25. The van der Waals surface area contributed by atoms with Crippen LogP contribution in [0.2, 0.25) is 0 Å². The smallest absolute Gasteiger partial charge is 0.277 e. The fourth-order valence-electron chi connectivity index (χ4n) is 1.58. The number of nitrogens with zero attached hydrogens (tertiary/aromatic N) is 2. The zero-order chi connectivity index (χ0) is 14.2. The molecule has 1 aromatic heterocycles. The molecular weight excluding hydrogens is 260 g/mol. The monoisotopic (exact) mass is 276 g/mol. The van der Waals surface area contributed by atoms with Gasteiger partial charge in [0.1, 0.15) is 0 Å². The Bertz CT molecular complexity index is 542. The summed E-state index contributed by atoms with van der Waals surface area (Å²) in [5.41, 5.74) is 1.90. The first-order valence-corrected chi connectivity index (χ1v) is 6.12. The number of carbonyl (C=O) groups excluding carboxylic acids is 1. The second-order valence-electron chi connectivity index (χ2n) is 4.06. The predicted molar refractivity (Wildman–Crippen MR) is 72.3 cm³/mol. The van der Waals surface area contributed by atoms with Gasteiger partial charge in [-0.15, -0.1) is 0 Å². The summed E-state index contributed by atoms with van der Waals surface area (Å²) in [6.45, 7) is 1.56. The molecule has 1 amide bonds. The number of rotatable bonds is 7. The highest BCUT2D eigenvalue weighted by Crippen LogP contribution is 2.12. The van der Waals surface area contributed by atoms with Gasteiger partial charge in [-0.1, -0.05) is 12.1 Å². The number of hydrogen-bond donors (Lipinski definition) is 2. The van der Waals surface area contributed by atoms with E-state index in [-0.39, 0.29) is 11.6 Å². The van der Waals surface area contributed by atoms with E-state index in [0.717, 1.165) is 5.56 Å². The number of benzene rings is 1. The van der Waals surface area contributed by atoms with Crippen LogP contribution in [0.3, 0.4) is 0 Å². The first kappa shape index (κ1) is 14.2. The molecule has 0 aliphatic heterocycles. The number of carbonyl (C=O) groups is 1. The van der Waals surface area contributed by atoms with Gasteiger partial charge < -0.3 is 14.8 Å². The first-order chi connectivity index (χ1) is 9.79. The molecule has 0 fully saturated rings. The highest BCUT2D eigenvalue weighted by Gasteiger charge is 2.08. The molecule has 7 nitrogen and oxygen atoms in total. The Labute approximate surface area is 116 Å². The van der Waals surface area contributed by atoms with Gasteiger partial charge in [0, 0.05) is 12.8 Å². The number of ether oxygens (including phenoxy) is 2. The number of hydrogen-bond acceptors (Lipinski definition) is 5. The van der Waals surface area contributed by atoms with E-state index in [0.29, 0.717) is 25.5 Å². The minimum absolute atomic E-state index is 0.242.